The van der Waals surface area contributed by atoms with Crippen molar-refractivity contribution in [3.8, 4) is 10.6 Å². The number of carbonyl (C=O) groups excluding carboxylic acids is 1. The van der Waals surface area contributed by atoms with E-state index in [-0.39, 0.29) is 5.91 Å². The van der Waals surface area contributed by atoms with Crippen LogP contribution in [0.25, 0.3) is 10.6 Å². The number of hydrogen-bond donors (Lipinski definition) is 1. The van der Waals surface area contributed by atoms with Crippen LogP contribution in [0.1, 0.15) is 35.1 Å². The lowest BCUT2D eigenvalue weighted by Gasteiger charge is -2.30. The minimum atomic E-state index is -1.12. The van der Waals surface area contributed by atoms with Gasteiger partial charge in [-0.3, -0.25) is 4.79 Å². The maximum atomic E-state index is 12.9. The number of carboxylic acid groups (broad SMARTS) is 1. The van der Waals surface area contributed by atoms with Gasteiger partial charge in [-0.05, 0) is 26.7 Å². The van der Waals surface area contributed by atoms with E-state index in [1.807, 2.05) is 30.3 Å². The first-order chi connectivity index (χ1) is 10.9. The highest BCUT2D eigenvalue weighted by atomic mass is 32.1. The van der Waals surface area contributed by atoms with Gasteiger partial charge < -0.3 is 10.0 Å². The zero-order valence-corrected chi connectivity index (χ0v) is 13.9. The van der Waals surface area contributed by atoms with Crippen molar-refractivity contribution in [2.75, 3.05) is 6.54 Å². The summed E-state index contributed by atoms with van der Waals surface area (Å²) in [5, 5.41) is 10.3. The molecular weight excluding hydrogens is 312 g/mol. The molecule has 1 aliphatic rings. The van der Waals surface area contributed by atoms with E-state index < -0.39 is 11.5 Å². The molecule has 23 heavy (non-hydrogen) atoms. The Morgan fingerprint density at radius 3 is 2.65 bits per heavy atom. The van der Waals surface area contributed by atoms with E-state index in [0.717, 1.165) is 10.6 Å². The van der Waals surface area contributed by atoms with Crippen molar-refractivity contribution >= 4 is 23.2 Å². The molecule has 5 nitrogen and oxygen atoms in total. The number of amides is 1. The number of benzene rings is 1. The van der Waals surface area contributed by atoms with Gasteiger partial charge in [-0.15, -0.1) is 11.3 Å². The van der Waals surface area contributed by atoms with Crippen molar-refractivity contribution in [2.45, 2.75) is 32.2 Å². The minimum absolute atomic E-state index is 0.232. The molecule has 0 bridgehead atoms. The molecule has 1 aromatic carbocycles. The lowest BCUT2D eigenvalue weighted by Crippen LogP contribution is -2.50. The van der Waals surface area contributed by atoms with Crippen molar-refractivity contribution in [3.63, 3.8) is 0 Å². The first-order valence-corrected chi connectivity index (χ1v) is 8.33. The quantitative estimate of drug-likeness (QED) is 0.938. The molecular formula is C17H18N2O3S. The normalized spacial score (nSPS) is 20.7. The molecule has 0 radical (unpaired) electrons. The van der Waals surface area contributed by atoms with Crippen LogP contribution in [0.5, 0.6) is 0 Å². The molecule has 0 spiro atoms. The highest BCUT2D eigenvalue weighted by molar-refractivity contribution is 7.17. The Bertz CT molecular complexity index is 756. The first kappa shape index (κ1) is 15.7. The summed E-state index contributed by atoms with van der Waals surface area (Å²) in [5.74, 6) is -1.18. The molecule has 1 unspecified atom stereocenters. The number of hydrogen-bond acceptors (Lipinski definition) is 4. The van der Waals surface area contributed by atoms with E-state index >= 15 is 0 Å². The summed E-state index contributed by atoms with van der Waals surface area (Å²) in [6, 6.07) is 9.68. The number of aromatic nitrogens is 1. The predicted octanol–water partition coefficient (Wildman–Crippen LogP) is 3.20. The zero-order chi connectivity index (χ0) is 16.6. The molecule has 1 amide bonds. The smallest absolute Gasteiger partial charge is 0.329 e. The van der Waals surface area contributed by atoms with E-state index in [1.54, 1.807) is 13.8 Å². The summed E-state index contributed by atoms with van der Waals surface area (Å²) in [4.78, 5) is 30.9. The van der Waals surface area contributed by atoms with Crippen LogP contribution in [0, 0.1) is 6.92 Å². The largest absolute Gasteiger partial charge is 0.480 e. The Morgan fingerprint density at radius 1 is 1.30 bits per heavy atom. The van der Waals surface area contributed by atoms with Crippen LogP contribution < -0.4 is 0 Å². The lowest BCUT2D eigenvalue weighted by molar-refractivity contribution is -0.147. The SMILES string of the molecule is Cc1nc(-c2ccccc2)sc1C(=O)N1CCCC1(C)C(=O)O. The van der Waals surface area contributed by atoms with Crippen LogP contribution >= 0.6 is 11.3 Å². The Balaban J connectivity index is 1.95. The Labute approximate surface area is 138 Å². The van der Waals surface area contributed by atoms with Gasteiger partial charge in [0.25, 0.3) is 5.91 Å². The zero-order valence-electron chi connectivity index (χ0n) is 13.1. The van der Waals surface area contributed by atoms with Gasteiger partial charge in [0.1, 0.15) is 15.4 Å². The second-order valence-corrected chi connectivity index (χ2v) is 6.94. The fourth-order valence-electron chi connectivity index (χ4n) is 2.93. The number of nitrogens with zero attached hydrogens (tertiary/aromatic N) is 2. The van der Waals surface area contributed by atoms with E-state index in [0.29, 0.717) is 30.0 Å². The van der Waals surface area contributed by atoms with Gasteiger partial charge in [0, 0.05) is 12.1 Å². The summed E-state index contributed by atoms with van der Waals surface area (Å²) in [6.45, 7) is 3.89. The van der Waals surface area contributed by atoms with Crippen LogP contribution in [0.3, 0.4) is 0 Å². The molecule has 1 aromatic heterocycles. The van der Waals surface area contributed by atoms with Crippen molar-refractivity contribution in [1.29, 1.82) is 0 Å². The maximum absolute atomic E-state index is 12.9. The molecule has 1 saturated heterocycles. The predicted molar refractivity (Wildman–Crippen MR) is 88.6 cm³/mol. The number of thiazole rings is 1. The number of rotatable bonds is 3. The van der Waals surface area contributed by atoms with Crippen molar-refractivity contribution in [2.24, 2.45) is 0 Å². The highest BCUT2D eigenvalue weighted by Gasteiger charge is 2.46. The number of likely N-dealkylation sites (tertiary alicyclic amines) is 1. The molecule has 6 heteroatoms. The molecule has 3 rings (SSSR count). The van der Waals surface area contributed by atoms with Gasteiger partial charge in [-0.25, -0.2) is 9.78 Å². The molecule has 2 aromatic rings. The second kappa shape index (κ2) is 5.77. The van der Waals surface area contributed by atoms with E-state index in [9.17, 15) is 14.7 Å². The third-order valence-corrected chi connectivity index (χ3v) is 5.55. The monoisotopic (exact) mass is 330 g/mol. The Kier molecular flexibility index (Phi) is 3.93. The van der Waals surface area contributed by atoms with Crippen molar-refractivity contribution in [1.82, 2.24) is 9.88 Å². The van der Waals surface area contributed by atoms with Gasteiger partial charge in [0.2, 0.25) is 0 Å². The van der Waals surface area contributed by atoms with Crippen molar-refractivity contribution < 1.29 is 14.7 Å². The highest BCUT2D eigenvalue weighted by Crippen LogP contribution is 2.34. The summed E-state index contributed by atoms with van der Waals surface area (Å²) < 4.78 is 0. The molecule has 1 fully saturated rings. The molecule has 0 saturated carbocycles. The van der Waals surface area contributed by atoms with Crippen LogP contribution in [0.15, 0.2) is 30.3 Å². The summed E-state index contributed by atoms with van der Waals surface area (Å²) in [5.41, 5.74) is 0.487. The fraction of sp³-hybridized carbons (Fsp3) is 0.353. The van der Waals surface area contributed by atoms with Gasteiger partial charge in [-0.2, -0.15) is 0 Å². The Hall–Kier alpha value is -2.21. The molecule has 2 heterocycles. The summed E-state index contributed by atoms with van der Waals surface area (Å²) >= 11 is 1.32. The fourth-order valence-corrected chi connectivity index (χ4v) is 3.95. The number of carbonyl (C=O) groups is 2. The second-order valence-electron chi connectivity index (χ2n) is 5.94. The summed E-state index contributed by atoms with van der Waals surface area (Å²) in [7, 11) is 0. The minimum Gasteiger partial charge on any atom is -0.480 e. The van der Waals surface area contributed by atoms with E-state index in [2.05, 4.69) is 4.98 Å². The average Bonchev–Trinajstić information content (AvgIpc) is 3.12. The lowest BCUT2D eigenvalue weighted by atomic mass is 9.99. The van der Waals surface area contributed by atoms with Crippen LogP contribution in [-0.2, 0) is 4.79 Å². The van der Waals surface area contributed by atoms with E-state index in [4.69, 9.17) is 0 Å². The number of aryl methyl sites for hydroxylation is 1. The average molecular weight is 330 g/mol. The van der Waals surface area contributed by atoms with Gasteiger partial charge in [0.05, 0.1) is 5.69 Å². The molecule has 1 aliphatic heterocycles. The molecule has 1 N–H and O–H groups in total. The number of carboxylic acids is 1. The van der Waals surface area contributed by atoms with Gasteiger partial charge in [0.15, 0.2) is 0 Å². The van der Waals surface area contributed by atoms with Crippen LogP contribution in [0.4, 0.5) is 0 Å². The summed E-state index contributed by atoms with van der Waals surface area (Å²) in [6.07, 6.45) is 1.19. The van der Waals surface area contributed by atoms with Crippen molar-refractivity contribution in [3.05, 3.63) is 40.9 Å². The third kappa shape index (κ3) is 2.63. The molecule has 120 valence electrons. The van der Waals surface area contributed by atoms with Gasteiger partial charge in [-0.1, -0.05) is 30.3 Å². The molecule has 0 aliphatic carbocycles. The van der Waals surface area contributed by atoms with E-state index in [1.165, 1.54) is 16.2 Å². The standard InChI is InChI=1S/C17H18N2O3S/c1-11-13(23-14(18-11)12-7-4-3-5-8-12)15(20)19-10-6-9-17(19,2)16(21)22/h3-5,7-8H,6,9-10H2,1-2H3,(H,21,22). The van der Waals surface area contributed by atoms with Crippen LogP contribution in [0.2, 0.25) is 0 Å². The van der Waals surface area contributed by atoms with Gasteiger partial charge >= 0.3 is 5.97 Å². The topological polar surface area (TPSA) is 70.5 Å². The Morgan fingerprint density at radius 2 is 2.00 bits per heavy atom. The first-order valence-electron chi connectivity index (χ1n) is 7.51. The number of aliphatic carboxylic acids is 1. The maximum Gasteiger partial charge on any atom is 0.329 e. The molecule has 1 atom stereocenters. The van der Waals surface area contributed by atoms with Crippen LogP contribution in [-0.4, -0.2) is 39.0 Å². The third-order valence-electron chi connectivity index (χ3n) is 4.36.